The summed E-state index contributed by atoms with van der Waals surface area (Å²) in [6.45, 7) is 6.18. The Bertz CT molecular complexity index is 566. The largest absolute Gasteiger partial charge is 0.493 e. The van der Waals surface area contributed by atoms with E-state index in [9.17, 15) is 0 Å². The predicted molar refractivity (Wildman–Crippen MR) is 87.9 cm³/mol. The van der Waals surface area contributed by atoms with Gasteiger partial charge in [-0.3, -0.25) is 9.58 Å². The molecule has 118 valence electrons. The van der Waals surface area contributed by atoms with Crippen molar-refractivity contribution < 1.29 is 4.74 Å². The van der Waals surface area contributed by atoms with Crippen LogP contribution in [0.4, 0.5) is 0 Å². The summed E-state index contributed by atoms with van der Waals surface area (Å²) in [5, 5.41) is 4.55. The molecule has 0 atom stereocenters. The first-order valence-corrected chi connectivity index (χ1v) is 8.10. The van der Waals surface area contributed by atoms with Crippen LogP contribution < -0.4 is 4.74 Å². The van der Waals surface area contributed by atoms with E-state index in [4.69, 9.17) is 4.74 Å². The van der Waals surface area contributed by atoms with Crippen LogP contribution in [-0.2, 0) is 13.6 Å². The molecule has 2 heterocycles. The maximum atomic E-state index is 5.88. The lowest BCUT2D eigenvalue weighted by Crippen LogP contribution is -2.35. The Hall–Kier alpha value is -1.81. The van der Waals surface area contributed by atoms with Crippen LogP contribution in [0.2, 0.25) is 0 Å². The quantitative estimate of drug-likeness (QED) is 0.850. The van der Waals surface area contributed by atoms with Gasteiger partial charge in [0.2, 0.25) is 0 Å². The summed E-state index contributed by atoms with van der Waals surface area (Å²) in [5.74, 6) is 1.65. The Morgan fingerprint density at radius 3 is 2.55 bits per heavy atom. The van der Waals surface area contributed by atoms with E-state index < -0.39 is 0 Å². The molecule has 1 aromatic carbocycles. The molecule has 0 N–H and O–H groups in total. The topological polar surface area (TPSA) is 30.3 Å². The number of rotatable bonds is 5. The first kappa shape index (κ1) is 15.1. The zero-order chi connectivity index (χ0) is 15.4. The van der Waals surface area contributed by atoms with Crippen LogP contribution in [0.25, 0.3) is 0 Å². The Kier molecular flexibility index (Phi) is 4.78. The van der Waals surface area contributed by atoms with Crippen molar-refractivity contribution in [1.29, 1.82) is 0 Å². The third kappa shape index (κ3) is 3.89. The van der Waals surface area contributed by atoms with E-state index in [0.717, 1.165) is 32.0 Å². The summed E-state index contributed by atoms with van der Waals surface area (Å²) >= 11 is 0. The number of para-hydroxylation sites is 1. The first-order chi connectivity index (χ1) is 10.7. The van der Waals surface area contributed by atoms with Crippen LogP contribution in [0.3, 0.4) is 0 Å². The number of piperidine rings is 1. The number of hydrogen-bond donors (Lipinski definition) is 0. The zero-order valence-electron chi connectivity index (χ0n) is 13.5. The van der Waals surface area contributed by atoms with Gasteiger partial charge in [0.05, 0.1) is 12.3 Å². The van der Waals surface area contributed by atoms with Crippen molar-refractivity contribution in [3.05, 3.63) is 47.8 Å². The molecule has 0 spiro atoms. The number of aryl methyl sites for hydroxylation is 2. The fourth-order valence-electron chi connectivity index (χ4n) is 2.98. The Labute approximate surface area is 132 Å². The maximum absolute atomic E-state index is 5.88. The lowest BCUT2D eigenvalue weighted by Gasteiger charge is -2.31. The zero-order valence-corrected chi connectivity index (χ0v) is 13.5. The van der Waals surface area contributed by atoms with Crippen molar-refractivity contribution in [3.63, 3.8) is 0 Å². The van der Waals surface area contributed by atoms with Gasteiger partial charge in [-0.05, 0) is 57.0 Å². The summed E-state index contributed by atoms with van der Waals surface area (Å²) in [7, 11) is 2.01. The van der Waals surface area contributed by atoms with E-state index in [-0.39, 0.29) is 0 Å². The minimum atomic E-state index is 0.668. The molecule has 1 fully saturated rings. The van der Waals surface area contributed by atoms with Crippen LogP contribution >= 0.6 is 0 Å². The number of benzene rings is 1. The monoisotopic (exact) mass is 299 g/mol. The molecular formula is C18H25N3O. The van der Waals surface area contributed by atoms with Crippen molar-refractivity contribution in [2.45, 2.75) is 26.3 Å². The van der Waals surface area contributed by atoms with Gasteiger partial charge in [0.15, 0.2) is 0 Å². The highest BCUT2D eigenvalue weighted by Gasteiger charge is 2.20. The van der Waals surface area contributed by atoms with Gasteiger partial charge in [0.25, 0.3) is 0 Å². The molecule has 0 amide bonds. The highest BCUT2D eigenvalue weighted by molar-refractivity contribution is 5.20. The average Bonchev–Trinajstić information content (AvgIpc) is 2.85. The van der Waals surface area contributed by atoms with Gasteiger partial charge in [-0.2, -0.15) is 5.10 Å². The highest BCUT2D eigenvalue weighted by atomic mass is 16.5. The molecule has 0 radical (unpaired) electrons. The normalized spacial score (nSPS) is 16.8. The van der Waals surface area contributed by atoms with Gasteiger partial charge in [0, 0.05) is 19.3 Å². The van der Waals surface area contributed by atoms with E-state index in [2.05, 4.69) is 23.0 Å². The molecule has 0 aliphatic carbocycles. The molecule has 1 aliphatic heterocycles. The Morgan fingerprint density at radius 1 is 1.18 bits per heavy atom. The van der Waals surface area contributed by atoms with E-state index in [1.807, 2.05) is 42.1 Å². The molecule has 4 nitrogen and oxygen atoms in total. The van der Waals surface area contributed by atoms with E-state index >= 15 is 0 Å². The third-order valence-electron chi connectivity index (χ3n) is 4.49. The maximum Gasteiger partial charge on any atom is 0.119 e. The molecule has 3 rings (SSSR count). The second kappa shape index (κ2) is 6.97. The fraction of sp³-hybridized carbons (Fsp3) is 0.500. The molecule has 1 aliphatic rings. The van der Waals surface area contributed by atoms with Crippen molar-refractivity contribution in [3.8, 4) is 5.75 Å². The number of nitrogens with zero attached hydrogens (tertiary/aromatic N) is 3. The second-order valence-electron chi connectivity index (χ2n) is 6.24. The van der Waals surface area contributed by atoms with Gasteiger partial charge in [0.1, 0.15) is 5.75 Å². The molecule has 1 aromatic heterocycles. The van der Waals surface area contributed by atoms with Crippen LogP contribution in [0.15, 0.2) is 36.4 Å². The van der Waals surface area contributed by atoms with Crippen molar-refractivity contribution in [1.82, 2.24) is 14.7 Å². The van der Waals surface area contributed by atoms with E-state index in [1.54, 1.807) is 0 Å². The van der Waals surface area contributed by atoms with Crippen LogP contribution in [0.5, 0.6) is 5.75 Å². The molecule has 0 saturated carbocycles. The molecule has 4 heteroatoms. The Morgan fingerprint density at radius 2 is 1.91 bits per heavy atom. The third-order valence-corrected chi connectivity index (χ3v) is 4.49. The van der Waals surface area contributed by atoms with Gasteiger partial charge in [-0.1, -0.05) is 18.2 Å². The van der Waals surface area contributed by atoms with Crippen molar-refractivity contribution >= 4 is 0 Å². The summed E-state index contributed by atoms with van der Waals surface area (Å²) in [6, 6.07) is 12.3. The molecule has 0 unspecified atom stereocenters. The second-order valence-corrected chi connectivity index (χ2v) is 6.24. The average molecular weight is 299 g/mol. The minimum absolute atomic E-state index is 0.668. The number of hydrogen-bond acceptors (Lipinski definition) is 3. The first-order valence-electron chi connectivity index (χ1n) is 8.10. The molecule has 1 saturated heterocycles. The number of aromatic nitrogens is 2. The van der Waals surface area contributed by atoms with Crippen molar-refractivity contribution in [2.24, 2.45) is 13.0 Å². The predicted octanol–water partition coefficient (Wildman–Crippen LogP) is 3.02. The lowest BCUT2D eigenvalue weighted by atomic mass is 9.97. The van der Waals surface area contributed by atoms with Crippen LogP contribution in [0, 0.1) is 12.8 Å². The van der Waals surface area contributed by atoms with Gasteiger partial charge >= 0.3 is 0 Å². The molecular weight excluding hydrogens is 274 g/mol. The summed E-state index contributed by atoms with van der Waals surface area (Å²) in [5.41, 5.74) is 2.40. The summed E-state index contributed by atoms with van der Waals surface area (Å²) in [6.07, 6.45) is 2.41. The van der Waals surface area contributed by atoms with E-state index in [1.165, 1.54) is 24.2 Å². The lowest BCUT2D eigenvalue weighted by molar-refractivity contribution is 0.135. The highest BCUT2D eigenvalue weighted by Crippen LogP contribution is 2.20. The summed E-state index contributed by atoms with van der Waals surface area (Å²) in [4.78, 5) is 2.50. The number of ether oxygens (including phenoxy) is 1. The van der Waals surface area contributed by atoms with Crippen LogP contribution in [-0.4, -0.2) is 34.4 Å². The Balaban J connectivity index is 1.42. The molecule has 22 heavy (non-hydrogen) atoms. The summed E-state index contributed by atoms with van der Waals surface area (Å²) < 4.78 is 7.84. The van der Waals surface area contributed by atoms with Gasteiger partial charge < -0.3 is 4.74 Å². The standard InChI is InChI=1S/C18H25N3O/c1-15-12-17(19-20(15)2)13-21-10-8-16(9-11-21)14-22-18-6-4-3-5-7-18/h3-7,12,16H,8-11,13-14H2,1-2H3. The minimum Gasteiger partial charge on any atom is -0.493 e. The number of likely N-dealkylation sites (tertiary alicyclic amines) is 1. The smallest absolute Gasteiger partial charge is 0.119 e. The van der Waals surface area contributed by atoms with E-state index in [0.29, 0.717) is 5.92 Å². The van der Waals surface area contributed by atoms with Crippen molar-refractivity contribution in [2.75, 3.05) is 19.7 Å². The van der Waals surface area contributed by atoms with Gasteiger partial charge in [-0.25, -0.2) is 0 Å². The van der Waals surface area contributed by atoms with Crippen LogP contribution in [0.1, 0.15) is 24.2 Å². The molecule has 0 bridgehead atoms. The fourth-order valence-corrected chi connectivity index (χ4v) is 2.98. The SMILES string of the molecule is Cc1cc(CN2CCC(COc3ccccc3)CC2)nn1C. The molecule has 2 aromatic rings. The van der Waals surface area contributed by atoms with Gasteiger partial charge in [-0.15, -0.1) is 0 Å².